The van der Waals surface area contributed by atoms with Gasteiger partial charge in [-0.3, -0.25) is 14.6 Å². The van der Waals surface area contributed by atoms with Crippen molar-refractivity contribution in [3.63, 3.8) is 0 Å². The van der Waals surface area contributed by atoms with Crippen LogP contribution in [0.15, 0.2) is 6.07 Å². The minimum absolute atomic E-state index is 0.217. The molecule has 2 aromatic heterocycles. The number of aryl methyl sites for hydroxylation is 2. The van der Waals surface area contributed by atoms with Gasteiger partial charge in [0.1, 0.15) is 11.7 Å². The van der Waals surface area contributed by atoms with Crippen LogP contribution in [0.1, 0.15) is 35.7 Å². The van der Waals surface area contributed by atoms with Crippen LogP contribution < -0.4 is 5.32 Å². The van der Waals surface area contributed by atoms with Crippen molar-refractivity contribution in [1.29, 1.82) is 0 Å². The summed E-state index contributed by atoms with van der Waals surface area (Å²) in [5.41, 5.74) is 3.44. The quantitative estimate of drug-likeness (QED) is 0.768. The highest BCUT2D eigenvalue weighted by atomic mass is 16.4. The van der Waals surface area contributed by atoms with E-state index < -0.39 is 17.9 Å². The summed E-state index contributed by atoms with van der Waals surface area (Å²) in [5, 5.41) is 22.8. The molecule has 0 aliphatic heterocycles. The largest absolute Gasteiger partial charge is 0.480 e. The molecule has 2 aromatic rings. The van der Waals surface area contributed by atoms with Crippen molar-refractivity contribution in [2.24, 2.45) is 13.0 Å². The highest BCUT2D eigenvalue weighted by Crippen LogP contribution is 2.25. The normalized spacial score (nSPS) is 12.4. The average Bonchev–Trinajstić information content (AvgIpc) is 3.01. The predicted octanol–water partition coefficient (Wildman–Crippen LogP) is 1.27. The van der Waals surface area contributed by atoms with Crippen LogP contribution in [0.2, 0.25) is 0 Å². The van der Waals surface area contributed by atoms with Crippen LogP contribution in [-0.2, 0) is 11.8 Å². The lowest BCUT2D eigenvalue weighted by atomic mass is 10.0. The van der Waals surface area contributed by atoms with E-state index in [1.54, 1.807) is 24.6 Å². The Morgan fingerprint density at radius 2 is 2.00 bits per heavy atom. The van der Waals surface area contributed by atoms with Gasteiger partial charge in [-0.1, -0.05) is 13.8 Å². The van der Waals surface area contributed by atoms with Crippen molar-refractivity contribution < 1.29 is 14.7 Å². The molecule has 0 aliphatic carbocycles. The number of nitrogens with zero attached hydrogens (tertiary/aromatic N) is 3. The number of hydrogen-bond acceptors (Lipinski definition) is 4. The molecule has 3 N–H and O–H groups in total. The number of rotatable bonds is 5. The Kier molecular flexibility index (Phi) is 4.53. The second kappa shape index (κ2) is 6.23. The molecule has 8 nitrogen and oxygen atoms in total. The first-order valence-electron chi connectivity index (χ1n) is 7.32. The highest BCUT2D eigenvalue weighted by molar-refractivity contribution is 5.96. The molecular formula is C15H21N5O3. The molecule has 2 heterocycles. The van der Waals surface area contributed by atoms with Crippen LogP contribution in [0.3, 0.4) is 0 Å². The maximum absolute atomic E-state index is 12.2. The first-order chi connectivity index (χ1) is 10.7. The first kappa shape index (κ1) is 16.7. The van der Waals surface area contributed by atoms with E-state index in [2.05, 4.69) is 20.6 Å². The van der Waals surface area contributed by atoms with Gasteiger partial charge in [0.25, 0.3) is 5.91 Å². The molecule has 0 aromatic carbocycles. The summed E-state index contributed by atoms with van der Waals surface area (Å²) in [5.74, 6) is -1.78. The van der Waals surface area contributed by atoms with Gasteiger partial charge >= 0.3 is 5.97 Å². The fourth-order valence-corrected chi connectivity index (χ4v) is 2.44. The number of carbonyl (C=O) groups excluding carboxylic acids is 1. The zero-order chi connectivity index (χ0) is 17.3. The molecule has 0 radical (unpaired) electrons. The summed E-state index contributed by atoms with van der Waals surface area (Å²) in [7, 11) is 1.84. The van der Waals surface area contributed by atoms with E-state index in [0.717, 1.165) is 17.0 Å². The molecule has 0 aliphatic rings. The van der Waals surface area contributed by atoms with Gasteiger partial charge < -0.3 is 10.4 Å². The lowest BCUT2D eigenvalue weighted by Crippen LogP contribution is -2.44. The van der Waals surface area contributed by atoms with Gasteiger partial charge in [0.15, 0.2) is 0 Å². The molecule has 0 fully saturated rings. The number of amides is 1. The molecule has 124 valence electrons. The summed E-state index contributed by atoms with van der Waals surface area (Å²) in [4.78, 5) is 23.4. The molecule has 1 amide bonds. The smallest absolute Gasteiger partial charge is 0.326 e. The van der Waals surface area contributed by atoms with E-state index >= 15 is 0 Å². The van der Waals surface area contributed by atoms with Crippen molar-refractivity contribution in [2.75, 3.05) is 0 Å². The van der Waals surface area contributed by atoms with E-state index in [1.807, 2.05) is 20.9 Å². The summed E-state index contributed by atoms with van der Waals surface area (Å²) < 4.78 is 1.75. The monoisotopic (exact) mass is 319 g/mol. The zero-order valence-corrected chi connectivity index (χ0v) is 13.8. The van der Waals surface area contributed by atoms with E-state index in [4.69, 9.17) is 5.11 Å². The van der Waals surface area contributed by atoms with Crippen LogP contribution >= 0.6 is 0 Å². The van der Waals surface area contributed by atoms with E-state index in [-0.39, 0.29) is 11.6 Å². The second-order valence-corrected chi connectivity index (χ2v) is 5.87. The summed E-state index contributed by atoms with van der Waals surface area (Å²) in [6.07, 6.45) is 0. The number of aromatic nitrogens is 4. The third-order valence-electron chi connectivity index (χ3n) is 3.81. The van der Waals surface area contributed by atoms with Crippen molar-refractivity contribution in [3.8, 4) is 11.3 Å². The molecule has 0 unspecified atom stereocenters. The van der Waals surface area contributed by atoms with Gasteiger partial charge in [0.2, 0.25) is 0 Å². The third kappa shape index (κ3) is 3.25. The molecule has 2 rings (SSSR count). The number of carboxylic acid groups (broad SMARTS) is 1. The van der Waals surface area contributed by atoms with Crippen LogP contribution in [0.4, 0.5) is 0 Å². The first-order valence-corrected chi connectivity index (χ1v) is 7.32. The van der Waals surface area contributed by atoms with Crippen molar-refractivity contribution >= 4 is 11.9 Å². The van der Waals surface area contributed by atoms with Gasteiger partial charge in [-0.2, -0.15) is 10.2 Å². The van der Waals surface area contributed by atoms with Gasteiger partial charge in [0.05, 0.1) is 11.4 Å². The third-order valence-corrected chi connectivity index (χ3v) is 3.81. The topological polar surface area (TPSA) is 113 Å². The Labute approximate surface area is 133 Å². The lowest BCUT2D eigenvalue weighted by molar-refractivity contribution is -0.140. The van der Waals surface area contributed by atoms with Crippen LogP contribution in [0, 0.1) is 19.8 Å². The number of carboxylic acids is 1. The Morgan fingerprint density at radius 3 is 2.48 bits per heavy atom. The van der Waals surface area contributed by atoms with E-state index in [0.29, 0.717) is 5.69 Å². The lowest BCUT2D eigenvalue weighted by Gasteiger charge is -2.17. The van der Waals surface area contributed by atoms with Crippen LogP contribution in [0.5, 0.6) is 0 Å². The van der Waals surface area contributed by atoms with Crippen LogP contribution in [-0.4, -0.2) is 43.0 Å². The van der Waals surface area contributed by atoms with Crippen LogP contribution in [0.25, 0.3) is 11.3 Å². The summed E-state index contributed by atoms with van der Waals surface area (Å²) in [6, 6.07) is 0.655. The maximum atomic E-state index is 12.2. The highest BCUT2D eigenvalue weighted by Gasteiger charge is 2.25. The number of aliphatic carboxylic acids is 1. The molecule has 8 heteroatoms. The maximum Gasteiger partial charge on any atom is 0.326 e. The SMILES string of the molecule is Cc1nn(C)c(C)c1-c1cc(C(=O)N[C@H](C(=O)O)C(C)C)[nH]n1. The Hall–Kier alpha value is -2.64. The van der Waals surface area contributed by atoms with Crippen molar-refractivity contribution in [3.05, 3.63) is 23.1 Å². The molecule has 0 saturated heterocycles. The minimum Gasteiger partial charge on any atom is -0.480 e. The number of aromatic amines is 1. The Morgan fingerprint density at radius 1 is 1.35 bits per heavy atom. The van der Waals surface area contributed by atoms with Crippen molar-refractivity contribution in [2.45, 2.75) is 33.7 Å². The molecule has 0 spiro atoms. The van der Waals surface area contributed by atoms with Crippen molar-refractivity contribution in [1.82, 2.24) is 25.3 Å². The van der Waals surface area contributed by atoms with E-state index in [1.165, 1.54) is 0 Å². The number of hydrogen-bond donors (Lipinski definition) is 3. The summed E-state index contributed by atoms with van der Waals surface area (Å²) >= 11 is 0. The molecule has 23 heavy (non-hydrogen) atoms. The standard InChI is InChI=1S/C15H21N5O3/c1-7(2)13(15(22)23)16-14(21)11-6-10(17-18-11)12-8(3)19-20(5)9(12)4/h6-7,13H,1-5H3,(H,16,21)(H,17,18)(H,22,23)/t13-/m0/s1. The zero-order valence-electron chi connectivity index (χ0n) is 13.8. The fourth-order valence-electron chi connectivity index (χ4n) is 2.44. The van der Waals surface area contributed by atoms with E-state index in [9.17, 15) is 9.59 Å². The summed E-state index contributed by atoms with van der Waals surface area (Å²) in [6.45, 7) is 7.26. The molecule has 0 saturated carbocycles. The Bertz CT molecular complexity index is 744. The second-order valence-electron chi connectivity index (χ2n) is 5.87. The number of carbonyl (C=O) groups is 2. The number of H-pyrrole nitrogens is 1. The minimum atomic E-state index is -1.06. The predicted molar refractivity (Wildman–Crippen MR) is 84.0 cm³/mol. The molecular weight excluding hydrogens is 298 g/mol. The van der Waals surface area contributed by atoms with Gasteiger partial charge in [0, 0.05) is 18.3 Å². The van der Waals surface area contributed by atoms with Gasteiger partial charge in [-0.15, -0.1) is 0 Å². The average molecular weight is 319 g/mol. The fraction of sp³-hybridized carbons (Fsp3) is 0.467. The van der Waals surface area contributed by atoms with Gasteiger partial charge in [-0.25, -0.2) is 4.79 Å². The molecule has 1 atom stereocenters. The number of nitrogens with one attached hydrogen (secondary N) is 2. The molecule has 0 bridgehead atoms. The Balaban J connectivity index is 2.25. The van der Waals surface area contributed by atoms with Gasteiger partial charge in [-0.05, 0) is 25.8 Å².